The molecule has 17 heavy (non-hydrogen) atoms. The lowest BCUT2D eigenvalue weighted by atomic mass is 10.2. The van der Waals surface area contributed by atoms with E-state index < -0.39 is 5.60 Å². The summed E-state index contributed by atoms with van der Waals surface area (Å²) in [5.74, 6) is -0.380. The molecule has 2 aromatic heterocycles. The fraction of sp³-hybridized carbons (Fsp3) is 0.417. The van der Waals surface area contributed by atoms with Crippen molar-refractivity contribution in [2.75, 3.05) is 0 Å². The number of nitrogens with zero attached hydrogens (tertiary/aromatic N) is 2. The van der Waals surface area contributed by atoms with Crippen LogP contribution in [0, 0.1) is 6.92 Å². The molecule has 0 aliphatic heterocycles. The number of nitrogens with one attached hydrogen (secondary N) is 1. The number of aryl methyl sites for hydroxylation is 1. The molecular formula is C12H15N3O2. The number of carbonyl (C=O) groups excluding carboxylic acids is 1. The van der Waals surface area contributed by atoms with Crippen molar-refractivity contribution >= 4 is 17.0 Å². The molecule has 0 bridgehead atoms. The first-order chi connectivity index (χ1) is 7.87. The molecule has 0 aromatic carbocycles. The van der Waals surface area contributed by atoms with Gasteiger partial charge in [0.1, 0.15) is 23.3 Å². The van der Waals surface area contributed by atoms with Crippen molar-refractivity contribution in [2.24, 2.45) is 0 Å². The van der Waals surface area contributed by atoms with Gasteiger partial charge in [-0.2, -0.15) is 0 Å². The van der Waals surface area contributed by atoms with Crippen molar-refractivity contribution in [1.29, 1.82) is 0 Å². The molecule has 0 aliphatic carbocycles. The largest absolute Gasteiger partial charge is 0.455 e. The molecule has 90 valence electrons. The van der Waals surface area contributed by atoms with E-state index in [4.69, 9.17) is 4.74 Å². The van der Waals surface area contributed by atoms with Gasteiger partial charge in [0, 0.05) is 5.39 Å². The molecule has 0 radical (unpaired) electrons. The zero-order valence-electron chi connectivity index (χ0n) is 10.4. The van der Waals surface area contributed by atoms with E-state index in [1.165, 1.54) is 6.33 Å². The molecule has 2 heterocycles. The van der Waals surface area contributed by atoms with Gasteiger partial charge in [-0.05, 0) is 33.8 Å². The minimum absolute atomic E-state index is 0.380. The van der Waals surface area contributed by atoms with E-state index in [0.29, 0.717) is 11.3 Å². The molecule has 0 fully saturated rings. The summed E-state index contributed by atoms with van der Waals surface area (Å²) in [7, 11) is 0. The first-order valence-electron chi connectivity index (χ1n) is 5.40. The number of hydrogen-bond donors (Lipinski definition) is 1. The van der Waals surface area contributed by atoms with Gasteiger partial charge >= 0.3 is 5.97 Å². The minimum atomic E-state index is -0.505. The van der Waals surface area contributed by atoms with Crippen molar-refractivity contribution in [2.45, 2.75) is 33.3 Å². The Morgan fingerprint density at radius 2 is 2.06 bits per heavy atom. The van der Waals surface area contributed by atoms with Crippen LogP contribution in [0.15, 0.2) is 12.4 Å². The Bertz CT molecular complexity index is 567. The van der Waals surface area contributed by atoms with E-state index >= 15 is 0 Å². The third-order valence-electron chi connectivity index (χ3n) is 2.24. The fourth-order valence-electron chi connectivity index (χ4n) is 1.51. The molecule has 1 N–H and O–H groups in total. The topological polar surface area (TPSA) is 67.9 Å². The Labute approximate surface area is 99.2 Å². The van der Waals surface area contributed by atoms with Gasteiger partial charge in [0.2, 0.25) is 0 Å². The Balaban J connectivity index is 2.37. The fourth-order valence-corrected chi connectivity index (χ4v) is 1.51. The summed E-state index contributed by atoms with van der Waals surface area (Å²) in [6, 6.07) is 1.72. The van der Waals surface area contributed by atoms with Crippen LogP contribution in [0.3, 0.4) is 0 Å². The summed E-state index contributed by atoms with van der Waals surface area (Å²) in [4.78, 5) is 22.9. The van der Waals surface area contributed by atoms with E-state index in [1.54, 1.807) is 6.07 Å². The third kappa shape index (κ3) is 2.43. The number of esters is 1. The highest BCUT2D eigenvalue weighted by atomic mass is 16.6. The molecule has 2 rings (SSSR count). The minimum Gasteiger partial charge on any atom is -0.455 e. The summed E-state index contributed by atoms with van der Waals surface area (Å²) in [6.45, 7) is 7.37. The molecule has 0 atom stereocenters. The van der Waals surface area contributed by atoms with Gasteiger partial charge in [-0.25, -0.2) is 14.8 Å². The maximum absolute atomic E-state index is 11.8. The van der Waals surface area contributed by atoms with Crippen LogP contribution in [0.4, 0.5) is 0 Å². The third-order valence-corrected chi connectivity index (χ3v) is 2.24. The Kier molecular flexibility index (Phi) is 2.61. The number of aromatic nitrogens is 3. The molecule has 5 heteroatoms. The predicted molar refractivity (Wildman–Crippen MR) is 63.8 cm³/mol. The SMILES string of the molecule is Cc1ncnc2[nH]c(C(=O)OC(C)(C)C)cc12. The van der Waals surface area contributed by atoms with E-state index in [-0.39, 0.29) is 5.97 Å². The highest BCUT2D eigenvalue weighted by Crippen LogP contribution is 2.18. The summed E-state index contributed by atoms with van der Waals surface area (Å²) >= 11 is 0. The standard InChI is InChI=1S/C12H15N3O2/c1-7-8-5-9(11(16)17-12(2,3)4)15-10(8)14-6-13-7/h5-6H,1-4H3,(H,13,14,15). The maximum atomic E-state index is 11.8. The van der Waals surface area contributed by atoms with Crippen LogP contribution in [-0.2, 0) is 4.74 Å². The zero-order valence-corrected chi connectivity index (χ0v) is 10.4. The lowest BCUT2D eigenvalue weighted by Gasteiger charge is -2.18. The van der Waals surface area contributed by atoms with Crippen molar-refractivity contribution in [3.8, 4) is 0 Å². The van der Waals surface area contributed by atoms with Gasteiger partial charge in [0.25, 0.3) is 0 Å². The van der Waals surface area contributed by atoms with E-state index in [1.807, 2.05) is 27.7 Å². The van der Waals surface area contributed by atoms with Gasteiger partial charge in [-0.15, -0.1) is 0 Å². The van der Waals surface area contributed by atoms with E-state index in [2.05, 4.69) is 15.0 Å². The molecule has 0 saturated carbocycles. The Hall–Kier alpha value is -1.91. The van der Waals surface area contributed by atoms with Crippen molar-refractivity contribution in [3.63, 3.8) is 0 Å². The second-order valence-corrected chi connectivity index (χ2v) is 4.91. The second-order valence-electron chi connectivity index (χ2n) is 4.91. The number of hydrogen-bond acceptors (Lipinski definition) is 4. The summed E-state index contributed by atoms with van der Waals surface area (Å²) < 4.78 is 5.27. The monoisotopic (exact) mass is 233 g/mol. The highest BCUT2D eigenvalue weighted by molar-refractivity contribution is 5.94. The Morgan fingerprint density at radius 1 is 1.35 bits per heavy atom. The first-order valence-corrected chi connectivity index (χ1v) is 5.40. The van der Waals surface area contributed by atoms with E-state index in [9.17, 15) is 4.79 Å². The Morgan fingerprint density at radius 3 is 2.65 bits per heavy atom. The molecule has 0 spiro atoms. The molecule has 0 saturated heterocycles. The molecule has 0 aliphatic rings. The number of H-pyrrole nitrogens is 1. The smallest absolute Gasteiger partial charge is 0.355 e. The first kappa shape index (κ1) is 11.6. The normalized spacial score (nSPS) is 11.8. The molecular weight excluding hydrogens is 218 g/mol. The number of fused-ring (bicyclic) bond motifs is 1. The van der Waals surface area contributed by atoms with Gasteiger partial charge < -0.3 is 9.72 Å². The zero-order chi connectivity index (χ0) is 12.6. The maximum Gasteiger partial charge on any atom is 0.355 e. The van der Waals surface area contributed by atoms with Crippen molar-refractivity contribution in [1.82, 2.24) is 15.0 Å². The lowest BCUT2D eigenvalue weighted by Crippen LogP contribution is -2.24. The van der Waals surface area contributed by atoms with Crippen LogP contribution in [0.1, 0.15) is 37.0 Å². The summed E-state index contributed by atoms with van der Waals surface area (Å²) in [5.41, 5.74) is 1.38. The lowest BCUT2D eigenvalue weighted by molar-refractivity contribution is 0.00638. The molecule has 0 amide bonds. The van der Waals surface area contributed by atoms with Gasteiger partial charge in [0.05, 0.1) is 5.69 Å². The average molecular weight is 233 g/mol. The predicted octanol–water partition coefficient (Wildman–Crippen LogP) is 2.22. The number of carbonyl (C=O) groups is 1. The molecule has 2 aromatic rings. The number of ether oxygens (including phenoxy) is 1. The average Bonchev–Trinajstić information content (AvgIpc) is 2.60. The molecule has 5 nitrogen and oxygen atoms in total. The summed E-state index contributed by atoms with van der Waals surface area (Å²) in [6.07, 6.45) is 1.47. The van der Waals surface area contributed by atoms with Gasteiger partial charge in [-0.3, -0.25) is 0 Å². The van der Waals surface area contributed by atoms with Crippen LogP contribution in [-0.4, -0.2) is 26.5 Å². The second kappa shape index (κ2) is 3.84. The highest BCUT2D eigenvalue weighted by Gasteiger charge is 2.20. The van der Waals surface area contributed by atoms with Crippen LogP contribution >= 0.6 is 0 Å². The van der Waals surface area contributed by atoms with Crippen molar-refractivity contribution in [3.05, 3.63) is 23.8 Å². The van der Waals surface area contributed by atoms with Crippen LogP contribution in [0.2, 0.25) is 0 Å². The van der Waals surface area contributed by atoms with Crippen LogP contribution in [0.25, 0.3) is 11.0 Å². The quantitative estimate of drug-likeness (QED) is 0.767. The van der Waals surface area contributed by atoms with Gasteiger partial charge in [0.15, 0.2) is 0 Å². The number of aromatic amines is 1. The van der Waals surface area contributed by atoms with Gasteiger partial charge in [-0.1, -0.05) is 0 Å². The van der Waals surface area contributed by atoms with Crippen molar-refractivity contribution < 1.29 is 9.53 Å². The summed E-state index contributed by atoms with van der Waals surface area (Å²) in [5, 5.41) is 0.841. The number of rotatable bonds is 1. The van der Waals surface area contributed by atoms with E-state index in [0.717, 1.165) is 11.1 Å². The van der Waals surface area contributed by atoms with Crippen LogP contribution in [0.5, 0.6) is 0 Å². The van der Waals surface area contributed by atoms with Crippen LogP contribution < -0.4 is 0 Å². The molecule has 0 unspecified atom stereocenters.